The van der Waals surface area contributed by atoms with E-state index >= 15 is 0 Å². The maximum Gasteiger partial charge on any atom is 0.156 e. The summed E-state index contributed by atoms with van der Waals surface area (Å²) in [5, 5.41) is 9.75. The van der Waals surface area contributed by atoms with E-state index in [9.17, 15) is 5.11 Å². The molecular weight excluding hydrogens is 188 g/mol. The van der Waals surface area contributed by atoms with Crippen molar-refractivity contribution < 1.29 is 5.11 Å². The summed E-state index contributed by atoms with van der Waals surface area (Å²) >= 11 is 0. The van der Waals surface area contributed by atoms with Gasteiger partial charge in [-0.1, -0.05) is 39.0 Å². The molecule has 0 amide bonds. The predicted molar refractivity (Wildman–Crippen MR) is 60.4 cm³/mol. The van der Waals surface area contributed by atoms with Gasteiger partial charge in [0.05, 0.1) is 0 Å². The third kappa shape index (κ3) is 4.88. The Morgan fingerprint density at radius 1 is 1.13 bits per heavy atom. The quantitative estimate of drug-likeness (QED) is 0.701. The lowest BCUT2D eigenvalue weighted by Crippen LogP contribution is -2.02. The minimum Gasteiger partial charge on any atom is -0.385 e. The molecule has 0 aliphatic carbocycles. The third-order valence-electron chi connectivity index (χ3n) is 2.46. The summed E-state index contributed by atoms with van der Waals surface area (Å²) in [7, 11) is 0. The molecule has 3 heteroatoms. The van der Waals surface area contributed by atoms with Crippen molar-refractivity contribution in [2.75, 3.05) is 0 Å². The number of aromatic nitrogens is 2. The van der Waals surface area contributed by atoms with Crippen LogP contribution in [0.2, 0.25) is 0 Å². The lowest BCUT2D eigenvalue weighted by Gasteiger charge is -2.07. The number of nitrogens with zero attached hydrogens (tertiary/aromatic N) is 2. The largest absolute Gasteiger partial charge is 0.385 e. The van der Waals surface area contributed by atoms with Gasteiger partial charge in [0.2, 0.25) is 0 Å². The average Bonchev–Trinajstić information content (AvgIpc) is 2.30. The van der Waals surface area contributed by atoms with E-state index in [4.69, 9.17) is 0 Å². The summed E-state index contributed by atoms with van der Waals surface area (Å²) < 4.78 is 0. The summed E-state index contributed by atoms with van der Waals surface area (Å²) in [6.45, 7) is 2.20. The third-order valence-corrected chi connectivity index (χ3v) is 2.46. The molecule has 0 aromatic carbocycles. The van der Waals surface area contributed by atoms with E-state index in [0.717, 1.165) is 12.8 Å². The monoisotopic (exact) mass is 208 g/mol. The second-order valence-corrected chi connectivity index (χ2v) is 3.83. The summed E-state index contributed by atoms with van der Waals surface area (Å²) in [5.41, 5.74) is 0. The average molecular weight is 208 g/mol. The Hall–Kier alpha value is -0.960. The van der Waals surface area contributed by atoms with Gasteiger partial charge in [-0.2, -0.15) is 0 Å². The van der Waals surface area contributed by atoms with Gasteiger partial charge < -0.3 is 5.11 Å². The minimum absolute atomic E-state index is 0.493. The van der Waals surface area contributed by atoms with Gasteiger partial charge in [0.25, 0.3) is 0 Å². The van der Waals surface area contributed by atoms with Crippen molar-refractivity contribution >= 4 is 0 Å². The molecule has 1 heterocycles. The first-order valence-corrected chi connectivity index (χ1v) is 5.79. The highest BCUT2D eigenvalue weighted by Gasteiger charge is 2.08. The lowest BCUT2D eigenvalue weighted by atomic mass is 10.1. The van der Waals surface area contributed by atoms with Crippen LogP contribution in [0.15, 0.2) is 18.5 Å². The molecule has 0 spiro atoms. The molecule has 1 rings (SSSR count). The molecule has 1 N–H and O–H groups in total. The molecule has 0 aliphatic rings. The van der Waals surface area contributed by atoms with Gasteiger partial charge in [-0.05, 0) is 12.5 Å². The molecule has 1 unspecified atom stereocenters. The van der Waals surface area contributed by atoms with Crippen molar-refractivity contribution in [3.8, 4) is 0 Å². The Morgan fingerprint density at radius 3 is 2.47 bits per heavy atom. The fourth-order valence-electron chi connectivity index (χ4n) is 1.55. The highest BCUT2D eigenvalue weighted by Crippen LogP contribution is 2.16. The Balaban J connectivity index is 2.16. The highest BCUT2D eigenvalue weighted by molar-refractivity contribution is 4.92. The van der Waals surface area contributed by atoms with Gasteiger partial charge in [-0.15, -0.1) is 0 Å². The Bertz CT molecular complexity index is 251. The number of aliphatic hydroxyl groups excluding tert-OH is 1. The Labute approximate surface area is 91.6 Å². The van der Waals surface area contributed by atoms with Crippen molar-refractivity contribution in [1.82, 2.24) is 9.97 Å². The van der Waals surface area contributed by atoms with Gasteiger partial charge in [-0.25, -0.2) is 9.97 Å². The zero-order chi connectivity index (χ0) is 10.9. The topological polar surface area (TPSA) is 46.0 Å². The van der Waals surface area contributed by atoms with Crippen LogP contribution < -0.4 is 0 Å². The normalized spacial score (nSPS) is 12.7. The molecule has 0 aliphatic heterocycles. The van der Waals surface area contributed by atoms with Crippen LogP contribution in [-0.4, -0.2) is 15.1 Å². The van der Waals surface area contributed by atoms with Crippen LogP contribution in [-0.2, 0) is 0 Å². The second kappa shape index (κ2) is 7.35. The summed E-state index contributed by atoms with van der Waals surface area (Å²) in [6.07, 6.45) is 9.67. The van der Waals surface area contributed by atoms with Crippen LogP contribution in [0.4, 0.5) is 0 Å². The van der Waals surface area contributed by atoms with Crippen LogP contribution in [0.5, 0.6) is 0 Å². The van der Waals surface area contributed by atoms with Crippen molar-refractivity contribution in [2.45, 2.75) is 51.6 Å². The predicted octanol–water partition coefficient (Wildman–Crippen LogP) is 2.87. The van der Waals surface area contributed by atoms with E-state index in [1.165, 1.54) is 25.7 Å². The van der Waals surface area contributed by atoms with E-state index in [-0.39, 0.29) is 0 Å². The number of hydrogen-bond donors (Lipinski definition) is 1. The second-order valence-electron chi connectivity index (χ2n) is 3.83. The van der Waals surface area contributed by atoms with Crippen LogP contribution in [0, 0.1) is 0 Å². The molecule has 3 nitrogen and oxygen atoms in total. The van der Waals surface area contributed by atoms with Crippen molar-refractivity contribution in [2.24, 2.45) is 0 Å². The van der Waals surface area contributed by atoms with Gasteiger partial charge in [0.1, 0.15) is 6.10 Å². The van der Waals surface area contributed by atoms with E-state index in [2.05, 4.69) is 16.9 Å². The molecule has 15 heavy (non-hydrogen) atoms. The first kappa shape index (κ1) is 12.1. The van der Waals surface area contributed by atoms with Crippen LogP contribution in [0.25, 0.3) is 0 Å². The highest BCUT2D eigenvalue weighted by atomic mass is 16.3. The maximum atomic E-state index is 9.75. The Morgan fingerprint density at radius 2 is 1.80 bits per heavy atom. The van der Waals surface area contributed by atoms with E-state index in [1.807, 2.05) is 0 Å². The molecule has 0 bridgehead atoms. The van der Waals surface area contributed by atoms with Crippen LogP contribution in [0.3, 0.4) is 0 Å². The summed E-state index contributed by atoms with van der Waals surface area (Å²) in [5.74, 6) is 0.549. The van der Waals surface area contributed by atoms with Crippen molar-refractivity contribution in [1.29, 1.82) is 0 Å². The molecule has 0 fully saturated rings. The molecular formula is C12H20N2O. The standard InChI is InChI=1S/C12H20N2O/c1-2-3-4-5-6-8-11(15)12-13-9-7-10-14-12/h7,9-11,15H,2-6,8H2,1H3. The SMILES string of the molecule is CCCCCCCC(O)c1ncccn1. The number of unbranched alkanes of at least 4 members (excludes halogenated alkanes) is 4. The number of rotatable bonds is 7. The zero-order valence-electron chi connectivity index (χ0n) is 9.39. The first-order valence-electron chi connectivity index (χ1n) is 5.79. The zero-order valence-corrected chi connectivity index (χ0v) is 9.39. The van der Waals surface area contributed by atoms with E-state index < -0.39 is 6.10 Å². The minimum atomic E-state index is -0.493. The molecule has 0 saturated heterocycles. The molecule has 1 aromatic heterocycles. The van der Waals surface area contributed by atoms with Gasteiger partial charge >= 0.3 is 0 Å². The van der Waals surface area contributed by atoms with Gasteiger partial charge in [-0.3, -0.25) is 0 Å². The molecule has 1 aromatic rings. The Kier molecular flexibility index (Phi) is 5.93. The van der Waals surface area contributed by atoms with E-state index in [1.54, 1.807) is 18.5 Å². The molecule has 0 radical (unpaired) electrons. The maximum absolute atomic E-state index is 9.75. The smallest absolute Gasteiger partial charge is 0.156 e. The van der Waals surface area contributed by atoms with Gasteiger partial charge in [0, 0.05) is 12.4 Å². The summed E-state index contributed by atoms with van der Waals surface area (Å²) in [6, 6.07) is 1.76. The van der Waals surface area contributed by atoms with Crippen LogP contribution >= 0.6 is 0 Å². The number of aliphatic hydroxyl groups is 1. The lowest BCUT2D eigenvalue weighted by molar-refractivity contribution is 0.153. The first-order chi connectivity index (χ1) is 7.34. The molecule has 84 valence electrons. The fraction of sp³-hybridized carbons (Fsp3) is 0.667. The fourth-order valence-corrected chi connectivity index (χ4v) is 1.55. The molecule has 0 saturated carbocycles. The van der Waals surface area contributed by atoms with E-state index in [0.29, 0.717) is 5.82 Å². The van der Waals surface area contributed by atoms with Crippen molar-refractivity contribution in [3.05, 3.63) is 24.3 Å². The summed E-state index contributed by atoms with van der Waals surface area (Å²) in [4.78, 5) is 8.07. The van der Waals surface area contributed by atoms with Crippen LogP contribution in [0.1, 0.15) is 57.4 Å². The van der Waals surface area contributed by atoms with Crippen molar-refractivity contribution in [3.63, 3.8) is 0 Å². The number of hydrogen-bond acceptors (Lipinski definition) is 3. The molecule has 1 atom stereocenters. The van der Waals surface area contributed by atoms with Gasteiger partial charge in [0.15, 0.2) is 5.82 Å².